The van der Waals surface area contributed by atoms with E-state index in [0.29, 0.717) is 5.75 Å². The van der Waals surface area contributed by atoms with E-state index >= 15 is 0 Å². The van der Waals surface area contributed by atoms with Gasteiger partial charge < -0.3 is 14.2 Å². The summed E-state index contributed by atoms with van der Waals surface area (Å²) in [7, 11) is 4.23. The molecule has 0 fully saturated rings. The first-order valence-electron chi connectivity index (χ1n) is 7.67. The first kappa shape index (κ1) is 20.8. The molecule has 2 N–H and O–H groups in total. The number of non-ortho nitro benzene ring substituents is 1. The molecule has 2 aromatic rings. The lowest BCUT2D eigenvalue weighted by atomic mass is 10.1. The van der Waals surface area contributed by atoms with Gasteiger partial charge in [0, 0.05) is 17.7 Å². The Bertz CT molecular complexity index is 908. The topological polar surface area (TPSA) is 129 Å². The second-order valence-corrected chi connectivity index (χ2v) is 5.65. The molecule has 0 heterocycles. The Labute approximate surface area is 164 Å². The average Bonchev–Trinajstić information content (AvgIpc) is 2.70. The smallest absolute Gasteiger partial charge is 0.271 e. The van der Waals surface area contributed by atoms with Crippen molar-refractivity contribution in [3.8, 4) is 17.2 Å². The molecule has 2 amide bonds. The number of benzene rings is 2. The fourth-order valence-electron chi connectivity index (χ4n) is 2.27. The van der Waals surface area contributed by atoms with Crippen molar-refractivity contribution in [3.63, 3.8) is 0 Å². The van der Waals surface area contributed by atoms with Crippen LogP contribution in [-0.4, -0.2) is 38.1 Å². The third-order valence-corrected chi connectivity index (χ3v) is 3.94. The van der Waals surface area contributed by atoms with Crippen molar-refractivity contribution in [2.75, 3.05) is 21.3 Å². The minimum atomic E-state index is -0.749. The highest BCUT2D eigenvalue weighted by molar-refractivity contribution is 6.34. The van der Waals surface area contributed by atoms with Crippen LogP contribution in [0.1, 0.15) is 20.7 Å². The number of hydrogen-bond donors (Lipinski definition) is 2. The van der Waals surface area contributed by atoms with E-state index in [1.54, 1.807) is 0 Å². The SMILES string of the molecule is COc1cc(C(=O)NNC(=O)c2ccc([N+](=O)[O-])cc2Cl)cc(OC)c1OC. The van der Waals surface area contributed by atoms with Gasteiger partial charge in [-0.15, -0.1) is 0 Å². The Balaban J connectivity index is 2.16. The molecule has 2 aromatic carbocycles. The van der Waals surface area contributed by atoms with Crippen LogP contribution in [0, 0.1) is 10.1 Å². The first-order valence-corrected chi connectivity index (χ1v) is 8.04. The molecule has 148 valence electrons. The zero-order valence-corrected chi connectivity index (χ0v) is 15.8. The van der Waals surface area contributed by atoms with Crippen LogP contribution in [0.25, 0.3) is 0 Å². The van der Waals surface area contributed by atoms with Crippen LogP contribution in [0.4, 0.5) is 5.69 Å². The molecule has 11 heteroatoms. The number of methoxy groups -OCH3 is 3. The van der Waals surface area contributed by atoms with Crippen molar-refractivity contribution in [3.05, 3.63) is 56.6 Å². The van der Waals surface area contributed by atoms with Gasteiger partial charge in [-0.1, -0.05) is 11.6 Å². The summed E-state index contributed by atoms with van der Waals surface area (Å²) in [6.45, 7) is 0. The number of hydrogen-bond acceptors (Lipinski definition) is 7. The molecule has 0 aromatic heterocycles. The normalized spacial score (nSPS) is 10.0. The van der Waals surface area contributed by atoms with E-state index in [1.165, 1.54) is 39.5 Å². The number of carbonyl (C=O) groups is 2. The van der Waals surface area contributed by atoms with Crippen molar-refractivity contribution in [2.24, 2.45) is 0 Å². The van der Waals surface area contributed by atoms with Crippen molar-refractivity contribution >= 4 is 29.1 Å². The zero-order chi connectivity index (χ0) is 20.8. The van der Waals surface area contributed by atoms with Crippen molar-refractivity contribution in [1.29, 1.82) is 0 Å². The molecule has 0 bridgehead atoms. The maximum Gasteiger partial charge on any atom is 0.271 e. The second-order valence-electron chi connectivity index (χ2n) is 5.24. The molecule has 0 atom stereocenters. The van der Waals surface area contributed by atoms with Crippen LogP contribution in [0.5, 0.6) is 17.2 Å². The average molecular weight is 410 g/mol. The highest BCUT2D eigenvalue weighted by Crippen LogP contribution is 2.38. The summed E-state index contributed by atoms with van der Waals surface area (Å²) in [5.41, 5.74) is 4.23. The van der Waals surface area contributed by atoms with Crippen LogP contribution in [-0.2, 0) is 0 Å². The molecule has 0 spiro atoms. The summed E-state index contributed by atoms with van der Waals surface area (Å²) >= 11 is 5.89. The van der Waals surface area contributed by atoms with Crippen molar-refractivity contribution in [2.45, 2.75) is 0 Å². The number of nitro groups is 1. The number of hydrazine groups is 1. The number of ether oxygens (including phenoxy) is 3. The van der Waals surface area contributed by atoms with Gasteiger partial charge >= 0.3 is 0 Å². The molecule has 28 heavy (non-hydrogen) atoms. The van der Waals surface area contributed by atoms with Gasteiger partial charge in [-0.3, -0.25) is 30.6 Å². The van der Waals surface area contributed by atoms with E-state index in [-0.39, 0.29) is 33.3 Å². The van der Waals surface area contributed by atoms with Crippen LogP contribution < -0.4 is 25.1 Å². The van der Waals surface area contributed by atoms with E-state index in [1.807, 2.05) is 0 Å². The summed E-state index contributed by atoms with van der Waals surface area (Å²) < 4.78 is 15.5. The number of nitrogens with one attached hydrogen (secondary N) is 2. The Morgan fingerprint density at radius 2 is 1.54 bits per heavy atom. The second kappa shape index (κ2) is 8.91. The number of rotatable bonds is 6. The largest absolute Gasteiger partial charge is 0.493 e. The van der Waals surface area contributed by atoms with Gasteiger partial charge in [-0.2, -0.15) is 0 Å². The highest BCUT2D eigenvalue weighted by atomic mass is 35.5. The number of nitro benzene ring substituents is 1. The minimum Gasteiger partial charge on any atom is -0.493 e. The Morgan fingerprint density at radius 1 is 0.964 bits per heavy atom. The fourth-order valence-corrected chi connectivity index (χ4v) is 2.53. The summed E-state index contributed by atoms with van der Waals surface area (Å²) in [5, 5.41) is 10.6. The molecule has 0 radical (unpaired) electrons. The molecule has 0 saturated heterocycles. The van der Waals surface area contributed by atoms with Gasteiger partial charge in [0.25, 0.3) is 17.5 Å². The monoisotopic (exact) mass is 409 g/mol. The van der Waals surface area contributed by atoms with Gasteiger partial charge in [0.2, 0.25) is 5.75 Å². The summed E-state index contributed by atoms with van der Waals surface area (Å²) in [6.07, 6.45) is 0. The van der Waals surface area contributed by atoms with E-state index < -0.39 is 16.7 Å². The molecule has 0 aliphatic carbocycles. The minimum absolute atomic E-state index is 0.0440. The van der Waals surface area contributed by atoms with Gasteiger partial charge in [0.15, 0.2) is 11.5 Å². The van der Waals surface area contributed by atoms with Gasteiger partial charge in [-0.05, 0) is 18.2 Å². The summed E-state index contributed by atoms with van der Waals surface area (Å²) in [4.78, 5) is 34.6. The fraction of sp³-hybridized carbons (Fsp3) is 0.176. The van der Waals surface area contributed by atoms with Gasteiger partial charge in [-0.25, -0.2) is 0 Å². The Hall–Kier alpha value is -3.53. The lowest BCUT2D eigenvalue weighted by Gasteiger charge is -2.14. The predicted octanol–water partition coefficient (Wildman–Crippen LogP) is 2.35. The molecule has 0 saturated carbocycles. The standard InChI is InChI=1S/C17H16ClN3O7/c1-26-13-6-9(7-14(27-2)15(13)28-3)16(22)19-20-17(23)11-5-4-10(21(24)25)8-12(11)18/h4-8H,1-3H3,(H,19,22)(H,20,23). The number of carbonyl (C=O) groups excluding carboxylic acids is 2. The Morgan fingerprint density at radius 3 is 2.00 bits per heavy atom. The molecular weight excluding hydrogens is 394 g/mol. The third kappa shape index (κ3) is 4.41. The first-order chi connectivity index (χ1) is 13.3. The van der Waals surface area contributed by atoms with Crippen LogP contribution in [0.2, 0.25) is 5.02 Å². The number of amides is 2. The lowest BCUT2D eigenvalue weighted by Crippen LogP contribution is -2.41. The molecule has 0 aliphatic heterocycles. The molecule has 0 aliphatic rings. The molecule has 10 nitrogen and oxygen atoms in total. The van der Waals surface area contributed by atoms with Gasteiger partial charge in [0.1, 0.15) is 0 Å². The van der Waals surface area contributed by atoms with E-state index in [2.05, 4.69) is 10.9 Å². The Kier molecular flexibility index (Phi) is 6.61. The van der Waals surface area contributed by atoms with Crippen LogP contribution in [0.3, 0.4) is 0 Å². The van der Waals surface area contributed by atoms with E-state index in [0.717, 1.165) is 12.1 Å². The van der Waals surface area contributed by atoms with Crippen LogP contribution in [0.15, 0.2) is 30.3 Å². The van der Waals surface area contributed by atoms with E-state index in [4.69, 9.17) is 25.8 Å². The maximum atomic E-state index is 12.3. The van der Waals surface area contributed by atoms with E-state index in [9.17, 15) is 19.7 Å². The summed E-state index contributed by atoms with van der Waals surface area (Å²) in [6, 6.07) is 6.16. The van der Waals surface area contributed by atoms with Gasteiger partial charge in [0.05, 0.1) is 36.8 Å². The van der Waals surface area contributed by atoms with Crippen molar-refractivity contribution < 1.29 is 28.7 Å². The molecule has 2 rings (SSSR count). The lowest BCUT2D eigenvalue weighted by molar-refractivity contribution is -0.384. The molecular formula is C17H16ClN3O7. The maximum absolute atomic E-state index is 12.3. The zero-order valence-electron chi connectivity index (χ0n) is 15.1. The summed E-state index contributed by atoms with van der Waals surface area (Å²) in [5.74, 6) is -0.581. The van der Waals surface area contributed by atoms with Crippen LogP contribution >= 0.6 is 11.6 Å². The number of halogens is 1. The highest BCUT2D eigenvalue weighted by Gasteiger charge is 2.19. The third-order valence-electron chi connectivity index (χ3n) is 3.62. The molecule has 0 unspecified atom stereocenters. The quantitative estimate of drug-likeness (QED) is 0.553. The van der Waals surface area contributed by atoms with Crippen molar-refractivity contribution in [1.82, 2.24) is 10.9 Å². The predicted molar refractivity (Wildman–Crippen MR) is 99.1 cm³/mol. The number of nitrogens with zero attached hydrogens (tertiary/aromatic N) is 1.